The fraction of sp³-hybridized carbons (Fsp3) is 0.368. The van der Waals surface area contributed by atoms with Crippen molar-refractivity contribution in [3.63, 3.8) is 0 Å². The summed E-state index contributed by atoms with van der Waals surface area (Å²) in [5.74, 6) is 0. The Morgan fingerprint density at radius 3 is 1.86 bits per heavy atom. The van der Waals surface area contributed by atoms with E-state index in [1.807, 2.05) is 36.4 Å². The van der Waals surface area contributed by atoms with Gasteiger partial charge in [0.15, 0.2) is 0 Å². The molecule has 0 radical (unpaired) electrons. The largest absolute Gasteiger partial charge is 0.368 e. The topological polar surface area (TPSA) is 31.0 Å². The van der Waals surface area contributed by atoms with Crippen LogP contribution in [0.5, 0.6) is 0 Å². The third-order valence-corrected chi connectivity index (χ3v) is 4.42. The molecule has 22 heavy (non-hydrogen) atoms. The van der Waals surface area contributed by atoms with Crippen molar-refractivity contribution in [1.82, 2.24) is 0 Å². The van der Waals surface area contributed by atoms with Crippen molar-refractivity contribution < 1.29 is 14.2 Å². The van der Waals surface area contributed by atoms with Crippen LogP contribution >= 0.6 is 0 Å². The second kappa shape index (κ2) is 5.84. The normalized spacial score (nSPS) is 34.3. The molecule has 3 nitrogen and oxygen atoms in total. The maximum Gasteiger partial charge on any atom is 0.113 e. The zero-order chi connectivity index (χ0) is 14.9. The van der Waals surface area contributed by atoms with Gasteiger partial charge in [-0.1, -0.05) is 60.7 Å². The van der Waals surface area contributed by atoms with Crippen molar-refractivity contribution in [3.8, 4) is 0 Å². The third-order valence-electron chi connectivity index (χ3n) is 4.42. The zero-order valence-electron chi connectivity index (χ0n) is 12.6. The number of hydrogen-bond donors (Lipinski definition) is 0. The molecule has 2 aromatic carbocycles. The molecule has 2 aliphatic rings. The van der Waals surface area contributed by atoms with E-state index in [-0.39, 0.29) is 30.5 Å². The lowest BCUT2D eigenvalue weighted by Crippen LogP contribution is -2.37. The fourth-order valence-corrected chi connectivity index (χ4v) is 3.16. The molecule has 114 valence electrons. The summed E-state index contributed by atoms with van der Waals surface area (Å²) in [5, 5.41) is 0. The minimum atomic E-state index is -0.0984. The minimum absolute atomic E-state index is 0.0140. The maximum atomic E-state index is 6.38. The second-order valence-corrected chi connectivity index (χ2v) is 5.98. The molecule has 0 amide bonds. The van der Waals surface area contributed by atoms with E-state index in [1.54, 1.807) is 0 Å². The van der Waals surface area contributed by atoms with Gasteiger partial charge in [-0.05, 0) is 18.1 Å². The first-order chi connectivity index (χ1) is 10.8. The number of benzene rings is 2. The van der Waals surface area contributed by atoms with Crippen molar-refractivity contribution in [2.24, 2.45) is 0 Å². The van der Waals surface area contributed by atoms with Crippen LogP contribution in [0.1, 0.15) is 30.3 Å². The molecule has 2 saturated heterocycles. The lowest BCUT2D eigenvalue weighted by atomic mass is 9.96. The highest BCUT2D eigenvalue weighted by molar-refractivity contribution is 5.26. The van der Waals surface area contributed by atoms with Gasteiger partial charge in [-0.2, -0.15) is 0 Å². The number of hydrogen-bond acceptors (Lipinski definition) is 3. The van der Waals surface area contributed by atoms with Crippen LogP contribution in [0.4, 0.5) is 0 Å². The summed E-state index contributed by atoms with van der Waals surface area (Å²) in [6.45, 7) is 2.66. The Bertz CT molecular complexity index is 613. The molecule has 2 aromatic rings. The highest BCUT2D eigenvalue weighted by Crippen LogP contribution is 2.42. The Hall–Kier alpha value is -1.68. The summed E-state index contributed by atoms with van der Waals surface area (Å²) in [5.41, 5.74) is 2.30. The van der Waals surface area contributed by atoms with E-state index in [1.165, 1.54) is 0 Å². The van der Waals surface area contributed by atoms with Crippen molar-refractivity contribution in [3.05, 3.63) is 71.8 Å². The smallest absolute Gasteiger partial charge is 0.113 e. The summed E-state index contributed by atoms with van der Waals surface area (Å²) in [6.07, 6.45) is 0.286. The van der Waals surface area contributed by atoms with Gasteiger partial charge >= 0.3 is 0 Å². The van der Waals surface area contributed by atoms with Gasteiger partial charge < -0.3 is 14.2 Å². The predicted octanol–water partition coefficient (Wildman–Crippen LogP) is 3.67. The van der Waals surface area contributed by atoms with Crippen LogP contribution in [0.3, 0.4) is 0 Å². The Morgan fingerprint density at radius 2 is 1.32 bits per heavy atom. The van der Waals surface area contributed by atoms with Crippen molar-refractivity contribution >= 4 is 0 Å². The average Bonchev–Trinajstić information content (AvgIpc) is 3.33. The molecule has 4 rings (SSSR count). The highest BCUT2D eigenvalue weighted by atomic mass is 16.6. The van der Waals surface area contributed by atoms with Gasteiger partial charge in [-0.15, -0.1) is 0 Å². The summed E-state index contributed by atoms with van der Waals surface area (Å²) >= 11 is 0. The first-order valence-corrected chi connectivity index (χ1v) is 7.85. The Kier molecular flexibility index (Phi) is 3.70. The van der Waals surface area contributed by atoms with E-state index >= 15 is 0 Å². The lowest BCUT2D eigenvalue weighted by molar-refractivity contribution is -0.191. The van der Waals surface area contributed by atoms with Crippen LogP contribution in [0.25, 0.3) is 0 Å². The van der Waals surface area contributed by atoms with Crippen molar-refractivity contribution in [1.29, 1.82) is 0 Å². The molecule has 0 aromatic heterocycles. The molecule has 2 fully saturated rings. The van der Waals surface area contributed by atoms with E-state index in [0.29, 0.717) is 6.61 Å². The highest BCUT2D eigenvalue weighted by Gasteiger charge is 2.47. The van der Waals surface area contributed by atoms with E-state index in [2.05, 4.69) is 31.2 Å². The van der Waals surface area contributed by atoms with Gasteiger partial charge in [0.05, 0.1) is 12.7 Å². The third kappa shape index (κ3) is 2.68. The van der Waals surface area contributed by atoms with Crippen LogP contribution in [0.15, 0.2) is 60.7 Å². The van der Waals surface area contributed by atoms with Crippen LogP contribution < -0.4 is 0 Å². The van der Waals surface area contributed by atoms with Gasteiger partial charge in [-0.25, -0.2) is 0 Å². The quantitative estimate of drug-likeness (QED) is 0.810. The van der Waals surface area contributed by atoms with Crippen LogP contribution in [0, 0.1) is 0 Å². The summed E-state index contributed by atoms with van der Waals surface area (Å²) < 4.78 is 18.1. The zero-order valence-corrected chi connectivity index (χ0v) is 12.6. The number of ether oxygens (including phenoxy) is 3. The van der Waals surface area contributed by atoms with Crippen LogP contribution in [-0.2, 0) is 14.2 Å². The molecular formula is C19H20O3. The predicted molar refractivity (Wildman–Crippen MR) is 83.5 cm³/mol. The van der Waals surface area contributed by atoms with E-state index < -0.39 is 0 Å². The van der Waals surface area contributed by atoms with Crippen LogP contribution in [-0.4, -0.2) is 24.9 Å². The van der Waals surface area contributed by atoms with Gasteiger partial charge in [-0.3, -0.25) is 0 Å². The van der Waals surface area contributed by atoms with Crippen molar-refractivity contribution in [2.75, 3.05) is 6.61 Å². The van der Waals surface area contributed by atoms with E-state index in [9.17, 15) is 0 Å². The molecule has 0 aliphatic carbocycles. The molecular weight excluding hydrogens is 276 g/mol. The van der Waals surface area contributed by atoms with Gasteiger partial charge in [0.2, 0.25) is 0 Å². The Morgan fingerprint density at radius 1 is 0.773 bits per heavy atom. The molecule has 0 N–H and O–H groups in total. The van der Waals surface area contributed by atoms with E-state index in [4.69, 9.17) is 14.2 Å². The SMILES string of the molecule is C[C@H]1O[C@@H]1[C@@H]1CO[C@@H](c2ccccc2)[C@H](c2ccccc2)O1. The molecule has 0 spiro atoms. The van der Waals surface area contributed by atoms with E-state index in [0.717, 1.165) is 11.1 Å². The first kappa shape index (κ1) is 13.9. The Labute approximate surface area is 130 Å². The molecule has 0 unspecified atom stereocenters. The van der Waals surface area contributed by atoms with Gasteiger partial charge in [0.25, 0.3) is 0 Å². The fourth-order valence-electron chi connectivity index (χ4n) is 3.16. The average molecular weight is 296 g/mol. The molecule has 0 saturated carbocycles. The molecule has 0 bridgehead atoms. The standard InChI is InChI=1S/C19H20O3/c1-13-17(21-13)16-12-20-18(14-8-4-2-5-9-14)19(22-16)15-10-6-3-7-11-15/h2-11,13,16-19H,12H2,1H3/t13-,16+,17+,18+,19+/m1/s1. The summed E-state index contributed by atoms with van der Waals surface area (Å²) in [7, 11) is 0. The first-order valence-electron chi connectivity index (χ1n) is 7.85. The van der Waals surface area contributed by atoms with Crippen LogP contribution in [0.2, 0.25) is 0 Å². The number of epoxide rings is 1. The van der Waals surface area contributed by atoms with Crippen molar-refractivity contribution in [2.45, 2.75) is 37.4 Å². The van der Waals surface area contributed by atoms with Gasteiger partial charge in [0, 0.05) is 0 Å². The minimum Gasteiger partial charge on any atom is -0.368 e. The lowest BCUT2D eigenvalue weighted by Gasteiger charge is -2.37. The maximum absolute atomic E-state index is 6.38. The molecule has 2 aliphatic heterocycles. The monoisotopic (exact) mass is 296 g/mol. The molecule has 3 heteroatoms. The summed E-state index contributed by atoms with van der Waals surface area (Å²) in [4.78, 5) is 0. The molecule has 5 atom stereocenters. The number of rotatable bonds is 3. The summed E-state index contributed by atoms with van der Waals surface area (Å²) in [6, 6.07) is 20.6. The van der Waals surface area contributed by atoms with Gasteiger partial charge in [0.1, 0.15) is 24.4 Å². The Balaban J connectivity index is 1.63. The second-order valence-electron chi connectivity index (χ2n) is 5.98. The molecule has 2 heterocycles.